The van der Waals surface area contributed by atoms with Crippen molar-refractivity contribution in [1.29, 1.82) is 0 Å². The summed E-state index contributed by atoms with van der Waals surface area (Å²) in [7, 11) is 0. The molecule has 2 aromatic heterocycles. The van der Waals surface area contributed by atoms with Crippen LogP contribution < -0.4 is 23.0 Å². The van der Waals surface area contributed by atoms with Crippen LogP contribution in [0.1, 0.15) is 25.6 Å². The van der Waals surface area contributed by atoms with Crippen molar-refractivity contribution in [3.05, 3.63) is 34.5 Å². The fourth-order valence-electron chi connectivity index (χ4n) is 1.79. The van der Waals surface area contributed by atoms with Gasteiger partial charge >= 0.3 is 5.65 Å². The van der Waals surface area contributed by atoms with E-state index in [1.165, 1.54) is 0 Å². The summed E-state index contributed by atoms with van der Waals surface area (Å²) in [6.45, 7) is 4.74. The van der Waals surface area contributed by atoms with E-state index >= 15 is 0 Å². The van der Waals surface area contributed by atoms with E-state index in [1.54, 1.807) is 10.8 Å². The van der Waals surface area contributed by atoms with Gasteiger partial charge < -0.3 is 12.4 Å². The first-order chi connectivity index (χ1) is 7.74. The van der Waals surface area contributed by atoms with E-state index in [1.807, 2.05) is 19.1 Å². The molecule has 0 atom stereocenters. The highest BCUT2D eigenvalue weighted by molar-refractivity contribution is 5.69. The first-order valence-electron chi connectivity index (χ1n) is 5.62. The van der Waals surface area contributed by atoms with Gasteiger partial charge in [0.2, 0.25) is 5.82 Å². The Morgan fingerprint density at radius 1 is 1.47 bits per heavy atom. The van der Waals surface area contributed by atoms with Crippen molar-refractivity contribution in [3.63, 3.8) is 0 Å². The van der Waals surface area contributed by atoms with E-state index < -0.39 is 0 Å². The van der Waals surface area contributed by atoms with Crippen molar-refractivity contribution in [3.8, 4) is 0 Å². The lowest BCUT2D eigenvalue weighted by Crippen LogP contribution is -3.00. The lowest BCUT2D eigenvalue weighted by Gasteiger charge is -2.04. The lowest BCUT2D eigenvalue weighted by molar-refractivity contribution is -0.347. The number of nitrogens with zero attached hydrogens (tertiary/aromatic N) is 2. The average molecular weight is 254 g/mol. The predicted molar refractivity (Wildman–Crippen MR) is 62.2 cm³/mol. The normalized spacial score (nSPS) is 10.2. The molecular formula is C12H16ClN3O. The number of hydrogen-bond acceptors (Lipinski definition) is 2. The van der Waals surface area contributed by atoms with Crippen LogP contribution >= 0.6 is 0 Å². The van der Waals surface area contributed by atoms with E-state index in [0.29, 0.717) is 11.0 Å². The van der Waals surface area contributed by atoms with E-state index in [9.17, 15) is 4.79 Å². The number of rotatable bonds is 3. The van der Waals surface area contributed by atoms with Gasteiger partial charge in [0.15, 0.2) is 0 Å². The van der Waals surface area contributed by atoms with Gasteiger partial charge in [0.1, 0.15) is 5.39 Å². The fraction of sp³-hybridized carbons (Fsp3) is 0.417. The third-order valence-corrected chi connectivity index (χ3v) is 2.71. The summed E-state index contributed by atoms with van der Waals surface area (Å²) in [6.07, 6.45) is 3.86. The zero-order valence-corrected chi connectivity index (χ0v) is 10.8. The second-order valence-electron chi connectivity index (χ2n) is 3.90. The molecule has 92 valence electrons. The van der Waals surface area contributed by atoms with Crippen molar-refractivity contribution in [1.82, 2.24) is 9.55 Å². The summed E-state index contributed by atoms with van der Waals surface area (Å²) < 4.78 is 1.75. The number of hydrogen-bond donors (Lipinski definition) is 0. The Balaban J connectivity index is 0.00000144. The molecule has 1 N–H and O–H groups in total. The molecule has 0 radical (unpaired) electrons. The SMILES string of the molecule is CCCCn1c(C)nc2[nH+]cccc2c1=O.[Cl-]. The summed E-state index contributed by atoms with van der Waals surface area (Å²) >= 11 is 0. The van der Waals surface area contributed by atoms with Gasteiger partial charge in [-0.15, -0.1) is 0 Å². The molecule has 0 aliphatic rings. The first kappa shape index (κ1) is 13.6. The molecule has 0 saturated carbocycles. The Labute approximate surface area is 106 Å². The molecular weight excluding hydrogens is 238 g/mol. The summed E-state index contributed by atoms with van der Waals surface area (Å²) in [5, 5.41) is 0.657. The fourth-order valence-corrected chi connectivity index (χ4v) is 1.79. The topological polar surface area (TPSA) is 49.0 Å². The van der Waals surface area contributed by atoms with Crippen LogP contribution in [-0.4, -0.2) is 9.55 Å². The highest BCUT2D eigenvalue weighted by Crippen LogP contribution is 2.02. The van der Waals surface area contributed by atoms with E-state index in [-0.39, 0.29) is 18.0 Å². The van der Waals surface area contributed by atoms with E-state index in [4.69, 9.17) is 0 Å². The van der Waals surface area contributed by atoms with Crippen molar-refractivity contribution in [2.75, 3.05) is 0 Å². The summed E-state index contributed by atoms with van der Waals surface area (Å²) in [5.74, 6) is 0.772. The van der Waals surface area contributed by atoms with Crippen molar-refractivity contribution in [2.45, 2.75) is 33.2 Å². The Kier molecular flexibility index (Phi) is 4.63. The third kappa shape index (κ3) is 2.64. The van der Waals surface area contributed by atoms with Crippen LogP contribution in [0.4, 0.5) is 0 Å². The van der Waals surface area contributed by atoms with Crippen molar-refractivity contribution in [2.24, 2.45) is 0 Å². The quantitative estimate of drug-likeness (QED) is 0.656. The molecule has 0 fully saturated rings. The monoisotopic (exact) mass is 253 g/mol. The maximum absolute atomic E-state index is 12.2. The van der Waals surface area contributed by atoms with Gasteiger partial charge in [-0.05, 0) is 23.5 Å². The number of aromatic amines is 1. The highest BCUT2D eigenvalue weighted by atomic mass is 35.5. The Morgan fingerprint density at radius 2 is 2.24 bits per heavy atom. The minimum absolute atomic E-state index is 0. The number of fused-ring (bicyclic) bond motifs is 1. The standard InChI is InChI=1S/C12H15N3O.ClH/c1-3-4-8-15-9(2)14-11-10(12(15)16)6-5-7-13-11;/h5-7H,3-4,8H2,1-2H3;1H. The van der Waals surface area contributed by atoms with Gasteiger partial charge in [-0.2, -0.15) is 0 Å². The highest BCUT2D eigenvalue weighted by Gasteiger charge is 2.13. The van der Waals surface area contributed by atoms with Crippen LogP contribution in [0.15, 0.2) is 23.1 Å². The molecule has 0 aromatic carbocycles. The number of aromatic nitrogens is 3. The molecule has 0 bridgehead atoms. The summed E-state index contributed by atoms with van der Waals surface area (Å²) in [5.41, 5.74) is 0.713. The predicted octanol–water partition coefficient (Wildman–Crippen LogP) is -1.68. The maximum atomic E-state index is 12.2. The molecule has 5 heteroatoms. The van der Waals surface area contributed by atoms with Gasteiger partial charge in [0.25, 0.3) is 5.56 Å². The molecule has 4 nitrogen and oxygen atoms in total. The number of unbranched alkanes of at least 4 members (excludes halogenated alkanes) is 1. The number of nitrogens with one attached hydrogen (secondary N) is 1. The molecule has 0 saturated heterocycles. The van der Waals surface area contributed by atoms with Crippen LogP contribution in [0.5, 0.6) is 0 Å². The summed E-state index contributed by atoms with van der Waals surface area (Å²) in [4.78, 5) is 19.5. The number of halogens is 1. The first-order valence-corrected chi connectivity index (χ1v) is 5.62. The Hall–Kier alpha value is -1.42. The smallest absolute Gasteiger partial charge is 0.335 e. The Bertz CT molecular complexity index is 565. The van der Waals surface area contributed by atoms with Crippen molar-refractivity contribution >= 4 is 11.0 Å². The van der Waals surface area contributed by atoms with Crippen LogP contribution in [-0.2, 0) is 6.54 Å². The number of H-pyrrole nitrogens is 1. The van der Waals surface area contributed by atoms with Gasteiger partial charge in [0, 0.05) is 13.5 Å². The largest absolute Gasteiger partial charge is 1.00 e. The minimum Gasteiger partial charge on any atom is -1.00 e. The van der Waals surface area contributed by atoms with Gasteiger partial charge in [-0.25, -0.2) is 4.98 Å². The Morgan fingerprint density at radius 3 is 2.94 bits per heavy atom. The minimum atomic E-state index is 0. The second-order valence-corrected chi connectivity index (χ2v) is 3.90. The molecule has 2 heterocycles. The van der Waals surface area contributed by atoms with Crippen LogP contribution in [0.3, 0.4) is 0 Å². The van der Waals surface area contributed by atoms with Gasteiger partial charge in [0.05, 0.1) is 6.20 Å². The van der Waals surface area contributed by atoms with Crippen LogP contribution in [0.25, 0.3) is 11.0 Å². The van der Waals surface area contributed by atoms with Gasteiger partial charge in [-0.1, -0.05) is 13.3 Å². The molecule has 0 aliphatic carbocycles. The van der Waals surface area contributed by atoms with Crippen LogP contribution in [0.2, 0.25) is 0 Å². The molecule has 17 heavy (non-hydrogen) atoms. The third-order valence-electron chi connectivity index (χ3n) is 2.71. The maximum Gasteiger partial charge on any atom is 0.335 e. The molecule has 2 aromatic rings. The van der Waals surface area contributed by atoms with E-state index in [0.717, 1.165) is 25.2 Å². The van der Waals surface area contributed by atoms with E-state index in [2.05, 4.69) is 16.9 Å². The molecule has 0 amide bonds. The number of aryl methyl sites for hydroxylation is 1. The zero-order chi connectivity index (χ0) is 11.5. The zero-order valence-electron chi connectivity index (χ0n) is 10.0. The number of pyridine rings is 1. The van der Waals surface area contributed by atoms with Crippen LogP contribution in [0, 0.1) is 6.92 Å². The van der Waals surface area contributed by atoms with Gasteiger partial charge in [-0.3, -0.25) is 9.36 Å². The van der Waals surface area contributed by atoms with Crippen molar-refractivity contribution < 1.29 is 17.4 Å². The lowest BCUT2D eigenvalue weighted by atomic mass is 10.3. The summed E-state index contributed by atoms with van der Waals surface area (Å²) in [6, 6.07) is 3.63. The molecule has 0 spiro atoms. The average Bonchev–Trinajstić information content (AvgIpc) is 2.29. The molecule has 2 rings (SSSR count). The molecule has 0 unspecified atom stereocenters. The second kappa shape index (κ2) is 5.77. The molecule has 0 aliphatic heterocycles.